The van der Waals surface area contributed by atoms with Crippen LogP contribution in [0.4, 0.5) is 14.6 Å². The second kappa shape index (κ2) is 8.00. The Hall–Kier alpha value is -4.09. The Morgan fingerprint density at radius 3 is 2.54 bits per heavy atom. The van der Waals surface area contributed by atoms with Crippen molar-refractivity contribution >= 4 is 22.6 Å². The number of amides is 1. The van der Waals surface area contributed by atoms with Gasteiger partial charge in [-0.1, -0.05) is 12.1 Å². The molecule has 1 saturated carbocycles. The maximum atomic E-state index is 16.0. The number of fused-ring (bicyclic) bond motifs is 1. The molecule has 0 spiro atoms. The molecule has 1 amide bonds. The number of hydrogen-bond acceptors (Lipinski definition) is 7. The van der Waals surface area contributed by atoms with Gasteiger partial charge in [0, 0.05) is 35.4 Å². The zero-order valence-corrected chi connectivity index (χ0v) is 18.6. The van der Waals surface area contributed by atoms with E-state index < -0.39 is 23.3 Å². The highest BCUT2D eigenvalue weighted by Crippen LogP contribution is 2.42. The summed E-state index contributed by atoms with van der Waals surface area (Å²) < 4.78 is 37.1. The number of anilines is 1. The van der Waals surface area contributed by atoms with Crippen LogP contribution in [-0.4, -0.2) is 38.6 Å². The van der Waals surface area contributed by atoms with Crippen LogP contribution in [0.1, 0.15) is 29.2 Å². The first-order valence-electron chi connectivity index (χ1n) is 10.7. The Morgan fingerprint density at radius 2 is 1.91 bits per heavy atom. The van der Waals surface area contributed by atoms with E-state index in [1.165, 1.54) is 42.1 Å². The maximum absolute atomic E-state index is 16.0. The lowest BCUT2D eigenvalue weighted by Gasteiger charge is -2.40. The third-order valence-electron chi connectivity index (χ3n) is 6.22. The van der Waals surface area contributed by atoms with Gasteiger partial charge < -0.3 is 27.0 Å². The monoisotopic (exact) mass is 480 g/mol. The van der Waals surface area contributed by atoms with Crippen LogP contribution in [0.15, 0.2) is 42.5 Å². The molecular formula is C24H22F2N6O3. The van der Waals surface area contributed by atoms with Crippen LogP contribution in [0.25, 0.3) is 33.4 Å². The number of rotatable bonds is 5. The molecule has 2 heterocycles. The molecule has 0 bridgehead atoms. The summed E-state index contributed by atoms with van der Waals surface area (Å²) in [6.45, 7) is 0. The number of carbonyl (C=O) groups excluding carboxylic acids is 1. The minimum atomic E-state index is -1.37. The maximum Gasteiger partial charge on any atom is 0.254 e. The number of carbonyl (C=O) groups is 1. The summed E-state index contributed by atoms with van der Waals surface area (Å²) in [7, 11) is 1.41. The fourth-order valence-electron chi connectivity index (χ4n) is 4.47. The predicted molar refractivity (Wildman–Crippen MR) is 125 cm³/mol. The number of aromatic nitrogens is 3. The summed E-state index contributed by atoms with van der Waals surface area (Å²) in [6, 6.07) is 10.1. The second-order valence-corrected chi connectivity index (χ2v) is 8.60. The molecule has 0 radical (unpaired) electrons. The standard InChI is InChI=1S/C24H22F2N6O3/c1-35-17-8-16(12-4-2-3-5-15(12)25)30-21-13(17)6-7-14(19(21)26)20-18(23(28)33)22(27)32(31-20)11-9-24(29,34)10-11/h2-8,11,34H,9-10,27,29H2,1H3,(H2,28,33). The van der Waals surface area contributed by atoms with Crippen molar-refractivity contribution in [2.24, 2.45) is 11.5 Å². The van der Waals surface area contributed by atoms with Crippen molar-refractivity contribution in [2.45, 2.75) is 24.6 Å². The fourth-order valence-corrected chi connectivity index (χ4v) is 4.47. The van der Waals surface area contributed by atoms with Crippen molar-refractivity contribution < 1.29 is 23.4 Å². The Labute approximate surface area is 198 Å². The van der Waals surface area contributed by atoms with E-state index >= 15 is 4.39 Å². The lowest BCUT2D eigenvalue weighted by Crippen LogP contribution is -2.52. The highest BCUT2D eigenvalue weighted by Gasteiger charge is 2.42. The lowest BCUT2D eigenvalue weighted by atomic mass is 9.83. The van der Waals surface area contributed by atoms with Crippen LogP contribution < -0.4 is 21.9 Å². The van der Waals surface area contributed by atoms with Crippen molar-refractivity contribution in [3.63, 3.8) is 0 Å². The number of nitrogens with two attached hydrogens (primary N) is 3. The summed E-state index contributed by atoms with van der Waals surface area (Å²) in [6.07, 6.45) is 0.308. The van der Waals surface area contributed by atoms with E-state index in [-0.39, 0.29) is 64.0 Å². The first kappa shape index (κ1) is 22.7. The van der Waals surface area contributed by atoms with Crippen LogP contribution in [0.3, 0.4) is 0 Å². The normalized spacial score (nSPS) is 19.5. The number of nitrogen functional groups attached to an aromatic ring is 1. The van der Waals surface area contributed by atoms with Gasteiger partial charge in [-0.05, 0) is 24.3 Å². The zero-order valence-electron chi connectivity index (χ0n) is 18.6. The van der Waals surface area contributed by atoms with Crippen LogP contribution in [0.2, 0.25) is 0 Å². The van der Waals surface area contributed by atoms with Crippen molar-refractivity contribution in [3.8, 4) is 28.3 Å². The van der Waals surface area contributed by atoms with Gasteiger partial charge in [-0.25, -0.2) is 18.4 Å². The minimum absolute atomic E-state index is 0.0573. The minimum Gasteiger partial charge on any atom is -0.496 e. The Balaban J connectivity index is 1.72. The van der Waals surface area contributed by atoms with Crippen LogP contribution >= 0.6 is 0 Å². The van der Waals surface area contributed by atoms with E-state index in [0.717, 1.165) is 0 Å². The van der Waals surface area contributed by atoms with Crippen molar-refractivity contribution in [1.82, 2.24) is 14.8 Å². The first-order chi connectivity index (χ1) is 16.6. The van der Waals surface area contributed by atoms with Crippen LogP contribution in [-0.2, 0) is 0 Å². The molecule has 0 saturated heterocycles. The number of methoxy groups -OCH3 is 1. The number of pyridine rings is 1. The van der Waals surface area contributed by atoms with Gasteiger partial charge >= 0.3 is 0 Å². The number of halogens is 2. The molecular weight excluding hydrogens is 458 g/mol. The number of nitrogens with zero attached hydrogens (tertiary/aromatic N) is 3. The Kier molecular flexibility index (Phi) is 5.18. The molecule has 0 unspecified atom stereocenters. The van der Waals surface area contributed by atoms with E-state index in [1.807, 2.05) is 0 Å². The summed E-state index contributed by atoms with van der Waals surface area (Å²) in [4.78, 5) is 16.6. The van der Waals surface area contributed by atoms with Crippen LogP contribution in [0.5, 0.6) is 5.75 Å². The molecule has 180 valence electrons. The van der Waals surface area contributed by atoms with E-state index in [4.69, 9.17) is 21.9 Å². The molecule has 0 aliphatic heterocycles. The lowest BCUT2D eigenvalue weighted by molar-refractivity contribution is -0.0643. The Bertz CT molecular complexity index is 1490. The number of primary amides is 1. The topological polar surface area (TPSA) is 155 Å². The van der Waals surface area contributed by atoms with Crippen molar-refractivity contribution in [2.75, 3.05) is 12.8 Å². The highest BCUT2D eigenvalue weighted by molar-refractivity contribution is 6.04. The third kappa shape index (κ3) is 3.65. The number of ether oxygens (including phenoxy) is 1. The first-order valence-corrected chi connectivity index (χ1v) is 10.7. The van der Waals surface area contributed by atoms with Gasteiger partial charge in [0.2, 0.25) is 0 Å². The molecule has 1 aliphatic rings. The van der Waals surface area contributed by atoms with Gasteiger partial charge in [0.15, 0.2) is 5.82 Å². The summed E-state index contributed by atoms with van der Waals surface area (Å²) in [5, 5.41) is 14.6. The molecule has 1 aliphatic carbocycles. The van der Waals surface area contributed by atoms with Gasteiger partial charge in [-0.15, -0.1) is 0 Å². The molecule has 4 aromatic rings. The molecule has 2 aromatic carbocycles. The SMILES string of the molecule is COc1cc(-c2ccccc2F)nc2c(F)c(-c3nn(C4CC(N)(O)C4)c(N)c3C(N)=O)ccc12. The van der Waals surface area contributed by atoms with Crippen molar-refractivity contribution in [3.05, 3.63) is 59.7 Å². The van der Waals surface area contributed by atoms with Crippen LogP contribution in [0, 0.1) is 11.6 Å². The Morgan fingerprint density at radius 1 is 1.20 bits per heavy atom. The number of benzene rings is 2. The zero-order chi connectivity index (χ0) is 25.1. The van der Waals surface area contributed by atoms with Gasteiger partial charge in [-0.3, -0.25) is 4.79 Å². The third-order valence-corrected chi connectivity index (χ3v) is 6.22. The molecule has 5 rings (SSSR count). The summed E-state index contributed by atoms with van der Waals surface area (Å²) >= 11 is 0. The van der Waals surface area contributed by atoms with E-state index in [1.54, 1.807) is 12.1 Å². The van der Waals surface area contributed by atoms with Gasteiger partial charge in [0.05, 0.1) is 18.8 Å². The number of hydrogen-bond donors (Lipinski definition) is 4. The molecule has 9 nitrogen and oxygen atoms in total. The molecule has 35 heavy (non-hydrogen) atoms. The average Bonchev–Trinajstić information content (AvgIpc) is 3.14. The summed E-state index contributed by atoms with van der Waals surface area (Å²) in [5.74, 6) is -2.00. The van der Waals surface area contributed by atoms with Gasteiger partial charge in [0.1, 0.15) is 39.9 Å². The molecule has 2 aromatic heterocycles. The second-order valence-electron chi connectivity index (χ2n) is 8.60. The smallest absolute Gasteiger partial charge is 0.254 e. The molecule has 7 N–H and O–H groups in total. The van der Waals surface area contributed by atoms with Gasteiger partial charge in [-0.2, -0.15) is 5.10 Å². The summed E-state index contributed by atoms with van der Waals surface area (Å²) in [5.41, 5.74) is 15.9. The average molecular weight is 480 g/mol. The fraction of sp³-hybridized carbons (Fsp3) is 0.208. The molecule has 0 atom stereocenters. The molecule has 1 fully saturated rings. The van der Waals surface area contributed by atoms with Gasteiger partial charge in [0.25, 0.3) is 5.91 Å². The van der Waals surface area contributed by atoms with E-state index in [0.29, 0.717) is 5.39 Å². The number of aliphatic hydroxyl groups is 1. The van der Waals surface area contributed by atoms with E-state index in [9.17, 15) is 14.3 Å². The predicted octanol–water partition coefficient (Wildman–Crippen LogP) is 2.72. The van der Waals surface area contributed by atoms with Crippen molar-refractivity contribution in [1.29, 1.82) is 0 Å². The largest absolute Gasteiger partial charge is 0.496 e. The quantitative estimate of drug-likeness (QED) is 0.320. The highest BCUT2D eigenvalue weighted by atomic mass is 19.1. The molecule has 11 heteroatoms. The van der Waals surface area contributed by atoms with E-state index in [2.05, 4.69) is 10.1 Å².